The topological polar surface area (TPSA) is 74.2 Å². The Morgan fingerprint density at radius 1 is 1.24 bits per heavy atom. The van der Waals surface area contributed by atoms with Crippen LogP contribution in [-0.2, 0) is 16.8 Å². The van der Waals surface area contributed by atoms with Crippen molar-refractivity contribution in [1.82, 2.24) is 10.1 Å². The van der Waals surface area contributed by atoms with Crippen LogP contribution in [0, 0.1) is 11.8 Å². The van der Waals surface area contributed by atoms with Gasteiger partial charge in [-0.15, -0.1) is 0 Å². The Morgan fingerprint density at radius 2 is 1.90 bits per heavy atom. The van der Waals surface area contributed by atoms with Crippen LogP contribution in [0.15, 0.2) is 4.52 Å². The summed E-state index contributed by atoms with van der Waals surface area (Å²) in [6.45, 7) is 11.9. The first kappa shape index (κ1) is 18.1. The maximum Gasteiger partial charge on any atom is 0.227 e. The molecule has 1 atom stereocenters. The maximum atomic E-state index is 5.91. The summed E-state index contributed by atoms with van der Waals surface area (Å²) in [5, 5.41) is 4.16. The molecule has 0 radical (unpaired) electrons. The summed E-state index contributed by atoms with van der Waals surface area (Å²) in [4.78, 5) is 4.58. The van der Waals surface area contributed by atoms with E-state index >= 15 is 0 Å². The molecule has 0 aliphatic rings. The lowest BCUT2D eigenvalue weighted by atomic mass is 9.94. The largest absolute Gasteiger partial charge is 0.367 e. The van der Waals surface area contributed by atoms with E-state index in [-0.39, 0.29) is 0 Å². The molecule has 1 aromatic heterocycles. The predicted octanol–water partition coefficient (Wildman–Crippen LogP) is 3.28. The normalized spacial score (nSPS) is 13.9. The van der Waals surface area contributed by atoms with E-state index in [1.807, 2.05) is 6.92 Å². The average molecular weight is 297 g/mol. The minimum atomic E-state index is -0.424. The highest BCUT2D eigenvalue weighted by molar-refractivity contribution is 5.01. The van der Waals surface area contributed by atoms with Gasteiger partial charge in [0.15, 0.2) is 0 Å². The van der Waals surface area contributed by atoms with Crippen LogP contribution >= 0.6 is 0 Å². The number of hydrogen-bond acceptors (Lipinski definition) is 5. The molecule has 0 amide bonds. The molecule has 1 heterocycles. The monoisotopic (exact) mass is 297 g/mol. The number of hydrogen-bond donors (Lipinski definition) is 1. The van der Waals surface area contributed by atoms with Gasteiger partial charge in [0.2, 0.25) is 11.7 Å². The van der Waals surface area contributed by atoms with Crippen molar-refractivity contribution in [2.24, 2.45) is 17.6 Å². The van der Waals surface area contributed by atoms with Gasteiger partial charge in [0.25, 0.3) is 0 Å². The summed E-state index contributed by atoms with van der Waals surface area (Å²) >= 11 is 0. The van der Waals surface area contributed by atoms with Crippen LogP contribution in [-0.4, -0.2) is 23.3 Å². The van der Waals surface area contributed by atoms with Gasteiger partial charge in [0.05, 0.1) is 0 Å². The molecule has 1 rings (SSSR count). The zero-order chi connectivity index (χ0) is 15.9. The zero-order valence-electron chi connectivity index (χ0n) is 14.2. The highest BCUT2D eigenvalue weighted by atomic mass is 16.5. The van der Waals surface area contributed by atoms with E-state index in [4.69, 9.17) is 15.0 Å². The fourth-order valence-electron chi connectivity index (χ4n) is 2.81. The van der Waals surface area contributed by atoms with Crippen molar-refractivity contribution in [3.63, 3.8) is 0 Å². The minimum absolute atomic E-state index is 0.392. The van der Waals surface area contributed by atoms with Gasteiger partial charge in [-0.1, -0.05) is 32.9 Å². The molecule has 21 heavy (non-hydrogen) atoms. The molecule has 122 valence electrons. The van der Waals surface area contributed by atoms with E-state index in [0.717, 1.165) is 25.7 Å². The van der Waals surface area contributed by atoms with E-state index in [1.165, 1.54) is 0 Å². The van der Waals surface area contributed by atoms with Gasteiger partial charge in [0.1, 0.15) is 5.60 Å². The molecule has 5 heteroatoms. The SMILES string of the molecule is CCOC(CC)(CC)c1noc(CC(CN)CC(C)C)n1. The number of aromatic nitrogens is 2. The summed E-state index contributed by atoms with van der Waals surface area (Å²) in [5.74, 6) is 2.36. The van der Waals surface area contributed by atoms with E-state index < -0.39 is 5.60 Å². The van der Waals surface area contributed by atoms with Crippen LogP contribution in [0.25, 0.3) is 0 Å². The Morgan fingerprint density at radius 3 is 2.38 bits per heavy atom. The Labute approximate surface area is 128 Å². The quantitative estimate of drug-likeness (QED) is 0.717. The first-order valence-corrected chi connectivity index (χ1v) is 8.18. The van der Waals surface area contributed by atoms with Crippen molar-refractivity contribution < 1.29 is 9.26 Å². The Hall–Kier alpha value is -0.940. The average Bonchev–Trinajstić information content (AvgIpc) is 2.92. The second-order valence-electron chi connectivity index (χ2n) is 6.08. The van der Waals surface area contributed by atoms with E-state index in [0.29, 0.717) is 36.7 Å². The lowest BCUT2D eigenvalue weighted by molar-refractivity contribution is -0.0583. The molecule has 0 aliphatic carbocycles. The lowest BCUT2D eigenvalue weighted by Crippen LogP contribution is -2.30. The van der Waals surface area contributed by atoms with Crippen LogP contribution in [0.3, 0.4) is 0 Å². The van der Waals surface area contributed by atoms with Crippen molar-refractivity contribution >= 4 is 0 Å². The van der Waals surface area contributed by atoms with Crippen molar-refractivity contribution in [3.05, 3.63) is 11.7 Å². The van der Waals surface area contributed by atoms with E-state index in [9.17, 15) is 0 Å². The van der Waals surface area contributed by atoms with Crippen LogP contribution in [0.1, 0.15) is 65.6 Å². The molecule has 0 fully saturated rings. The fraction of sp³-hybridized carbons (Fsp3) is 0.875. The van der Waals surface area contributed by atoms with Gasteiger partial charge in [-0.05, 0) is 44.6 Å². The van der Waals surface area contributed by atoms with Crippen molar-refractivity contribution in [1.29, 1.82) is 0 Å². The third-order valence-corrected chi connectivity index (χ3v) is 4.04. The molecule has 5 nitrogen and oxygen atoms in total. The van der Waals surface area contributed by atoms with Crippen LogP contribution in [0.2, 0.25) is 0 Å². The maximum absolute atomic E-state index is 5.91. The standard InChI is InChI=1S/C16H31N3O2/c1-6-16(7-2,20-8-3)15-18-14(21-19-15)10-13(11-17)9-12(4)5/h12-13H,6-11,17H2,1-5H3. The Kier molecular flexibility index (Phi) is 7.32. The van der Waals surface area contributed by atoms with Gasteiger partial charge < -0.3 is 15.0 Å². The molecule has 0 saturated carbocycles. The van der Waals surface area contributed by atoms with E-state index in [1.54, 1.807) is 0 Å². The molecule has 1 aromatic rings. The molecular formula is C16H31N3O2. The van der Waals surface area contributed by atoms with Crippen LogP contribution in [0.4, 0.5) is 0 Å². The third kappa shape index (κ3) is 4.78. The second kappa shape index (κ2) is 8.49. The predicted molar refractivity (Wildman–Crippen MR) is 83.9 cm³/mol. The molecule has 1 unspecified atom stereocenters. The Bertz CT molecular complexity index is 400. The second-order valence-corrected chi connectivity index (χ2v) is 6.08. The molecule has 0 aromatic carbocycles. The van der Waals surface area contributed by atoms with Gasteiger partial charge in [-0.25, -0.2) is 0 Å². The highest BCUT2D eigenvalue weighted by Crippen LogP contribution is 2.31. The molecule has 0 spiro atoms. The van der Waals surface area contributed by atoms with Crippen molar-refractivity contribution in [2.45, 2.75) is 65.9 Å². The number of ether oxygens (including phenoxy) is 1. The third-order valence-electron chi connectivity index (χ3n) is 4.04. The van der Waals surface area contributed by atoms with Gasteiger partial charge in [-0.3, -0.25) is 0 Å². The smallest absolute Gasteiger partial charge is 0.227 e. The van der Waals surface area contributed by atoms with Gasteiger partial charge in [-0.2, -0.15) is 4.98 Å². The molecule has 2 N–H and O–H groups in total. The van der Waals surface area contributed by atoms with Gasteiger partial charge >= 0.3 is 0 Å². The summed E-state index contributed by atoms with van der Waals surface area (Å²) in [6.07, 6.45) is 3.49. The summed E-state index contributed by atoms with van der Waals surface area (Å²) in [6, 6.07) is 0. The first-order valence-electron chi connectivity index (χ1n) is 8.18. The Balaban J connectivity index is 2.83. The van der Waals surface area contributed by atoms with E-state index in [2.05, 4.69) is 37.8 Å². The molecule has 0 aliphatic heterocycles. The lowest BCUT2D eigenvalue weighted by Gasteiger charge is -2.27. The summed E-state index contributed by atoms with van der Waals surface area (Å²) < 4.78 is 11.4. The molecule has 0 saturated heterocycles. The van der Waals surface area contributed by atoms with Crippen molar-refractivity contribution in [3.8, 4) is 0 Å². The zero-order valence-corrected chi connectivity index (χ0v) is 14.2. The van der Waals surface area contributed by atoms with Crippen LogP contribution in [0.5, 0.6) is 0 Å². The number of nitrogens with two attached hydrogens (primary N) is 1. The molecular weight excluding hydrogens is 266 g/mol. The van der Waals surface area contributed by atoms with Crippen LogP contribution < -0.4 is 5.73 Å². The van der Waals surface area contributed by atoms with Crippen molar-refractivity contribution in [2.75, 3.05) is 13.2 Å². The highest BCUT2D eigenvalue weighted by Gasteiger charge is 2.34. The summed E-state index contributed by atoms with van der Waals surface area (Å²) in [7, 11) is 0. The number of nitrogens with zero attached hydrogens (tertiary/aromatic N) is 2. The summed E-state index contributed by atoms with van der Waals surface area (Å²) in [5.41, 5.74) is 5.42. The van der Waals surface area contributed by atoms with Gasteiger partial charge in [0, 0.05) is 13.0 Å². The molecule has 0 bridgehead atoms. The fourth-order valence-corrected chi connectivity index (χ4v) is 2.81. The number of rotatable bonds is 10. The first-order chi connectivity index (χ1) is 10.0. The minimum Gasteiger partial charge on any atom is -0.367 e.